The Morgan fingerprint density at radius 3 is 0.744 bits per heavy atom. The topological polar surface area (TPSA) is 97.7 Å². The number of nitrogens with zero attached hydrogens (tertiary/aromatic N) is 4. The average Bonchev–Trinajstić information content (AvgIpc) is 3.44. The van der Waals surface area contributed by atoms with E-state index in [1.165, 1.54) is 22.3 Å². The molecule has 404 valence electrons. The molecule has 8 aromatic rings. The first kappa shape index (κ1) is 55.4. The second kappa shape index (κ2) is 23.3. The molecule has 4 aromatic carbocycles. The van der Waals surface area contributed by atoms with Gasteiger partial charge in [0, 0.05) is 55.2 Å². The third-order valence-electron chi connectivity index (χ3n) is 14.5. The van der Waals surface area contributed by atoms with Gasteiger partial charge in [0.25, 0.3) is 0 Å². The van der Waals surface area contributed by atoms with Crippen molar-refractivity contribution in [2.75, 3.05) is 0 Å². The number of hydrogen-bond donors (Lipinski definition) is 0. The summed E-state index contributed by atoms with van der Waals surface area (Å²) in [6.07, 6.45) is 8.82. The normalized spacial score (nSPS) is 13.3. The lowest BCUT2D eigenvalue weighted by atomic mass is 9.80. The quantitative estimate of drug-likeness (QED) is 0.118. The zero-order chi connectivity index (χ0) is 55.2. The molecule has 0 unspecified atom stereocenters. The first-order chi connectivity index (χ1) is 37.2. The predicted octanol–water partition coefficient (Wildman–Crippen LogP) is 15.6. The lowest BCUT2D eigenvalue weighted by molar-refractivity contribution is 0.101. The lowest BCUT2D eigenvalue weighted by Gasteiger charge is -2.28. The minimum absolute atomic E-state index is 0.208. The summed E-state index contributed by atoms with van der Waals surface area (Å²) in [7, 11) is 0. The molecular formula is C69H78N4O5. The van der Waals surface area contributed by atoms with Gasteiger partial charge in [-0.25, -0.2) is 0 Å². The summed E-state index contributed by atoms with van der Waals surface area (Å²) in [5, 5.41) is 0. The van der Waals surface area contributed by atoms with Crippen LogP contribution in [0, 0.1) is 0 Å². The van der Waals surface area contributed by atoms with E-state index in [-0.39, 0.29) is 61.3 Å². The first-order valence-corrected chi connectivity index (χ1v) is 27.5. The van der Waals surface area contributed by atoms with Gasteiger partial charge in [-0.1, -0.05) is 144 Å². The molecule has 0 saturated carbocycles. The van der Waals surface area contributed by atoms with Gasteiger partial charge in [0.2, 0.25) is 0 Å². The average molecular weight is 1040 g/mol. The Bertz CT molecular complexity index is 3090. The fourth-order valence-electron chi connectivity index (χ4n) is 9.90. The Morgan fingerprint density at radius 1 is 0.321 bits per heavy atom. The number of benzene rings is 4. The molecule has 8 bridgehead atoms. The molecule has 1 aliphatic rings. The molecular weight excluding hydrogens is 965 g/mol. The molecule has 1 aliphatic heterocycles. The van der Waals surface area contributed by atoms with Gasteiger partial charge in [-0.15, -0.1) is 0 Å². The monoisotopic (exact) mass is 1040 g/mol. The van der Waals surface area contributed by atoms with Crippen molar-refractivity contribution >= 4 is 0 Å². The van der Waals surface area contributed by atoms with Crippen molar-refractivity contribution in [3.63, 3.8) is 0 Å². The Labute approximate surface area is 463 Å². The van der Waals surface area contributed by atoms with E-state index in [4.69, 9.17) is 33.7 Å². The van der Waals surface area contributed by atoms with Crippen LogP contribution in [0.25, 0.3) is 0 Å². The molecule has 0 aliphatic carbocycles. The summed E-state index contributed by atoms with van der Waals surface area (Å²) in [6.45, 7) is 29.0. The van der Waals surface area contributed by atoms with Gasteiger partial charge in [-0.3, -0.25) is 19.9 Å². The van der Waals surface area contributed by atoms with E-state index < -0.39 is 0 Å². The number of pyridine rings is 4. The highest BCUT2D eigenvalue weighted by atomic mass is 16.5. The highest BCUT2D eigenvalue weighted by Gasteiger charge is 2.29. The van der Waals surface area contributed by atoms with Gasteiger partial charge in [-0.2, -0.15) is 0 Å². The highest BCUT2D eigenvalue weighted by Crippen LogP contribution is 2.44. The van der Waals surface area contributed by atoms with Gasteiger partial charge in [0.15, 0.2) is 0 Å². The van der Waals surface area contributed by atoms with Crippen molar-refractivity contribution in [2.45, 2.75) is 164 Å². The highest BCUT2D eigenvalue weighted by molar-refractivity contribution is 5.58. The minimum atomic E-state index is -0.219. The second-order valence-electron chi connectivity index (χ2n) is 25.0. The molecule has 0 spiro atoms. The number of ether oxygens (including phenoxy) is 5. The number of rotatable bonds is 12. The lowest BCUT2D eigenvalue weighted by Crippen LogP contribution is -2.17. The fourth-order valence-corrected chi connectivity index (χ4v) is 9.90. The minimum Gasteiger partial charge on any atom is -0.487 e. The van der Waals surface area contributed by atoms with E-state index in [1.807, 2.05) is 97.6 Å². The molecule has 0 atom stereocenters. The van der Waals surface area contributed by atoms with Crippen molar-refractivity contribution in [3.8, 4) is 23.0 Å². The summed E-state index contributed by atoms with van der Waals surface area (Å²) < 4.78 is 35.6. The van der Waals surface area contributed by atoms with Crippen LogP contribution in [0.5, 0.6) is 23.0 Å². The molecule has 0 saturated heterocycles. The van der Waals surface area contributed by atoms with Crippen molar-refractivity contribution in [1.29, 1.82) is 0 Å². The van der Waals surface area contributed by atoms with Crippen LogP contribution in [0.4, 0.5) is 0 Å². The van der Waals surface area contributed by atoms with E-state index >= 15 is 0 Å². The van der Waals surface area contributed by atoms with Crippen molar-refractivity contribution in [1.82, 2.24) is 19.9 Å². The summed E-state index contributed by atoms with van der Waals surface area (Å²) in [6, 6.07) is 42.4. The van der Waals surface area contributed by atoms with E-state index in [1.54, 1.807) is 0 Å². The second-order valence-corrected chi connectivity index (χ2v) is 25.0. The SMILES string of the molecule is CC(C)(C)c1cc2c(OCc3ccccn3)c(c1)Cc1cc(C(C)(C)C)cc(c1OCc1ccccn1)Cc1cc(C(C)(C)C)cc(c1OCc1ccccn1)Cc1cc(C(C)(C)C)cc(c1OCc1ccccn1)COC2. The number of aromatic nitrogens is 4. The molecule has 9 heteroatoms. The van der Waals surface area contributed by atoms with Crippen LogP contribution in [0.3, 0.4) is 0 Å². The Kier molecular flexibility index (Phi) is 16.6. The third kappa shape index (κ3) is 13.8. The van der Waals surface area contributed by atoms with Crippen LogP contribution in [-0.2, 0) is 85.3 Å². The zero-order valence-corrected chi connectivity index (χ0v) is 48.1. The molecule has 9 rings (SSSR count). The van der Waals surface area contributed by atoms with Crippen LogP contribution >= 0.6 is 0 Å². The Hall–Kier alpha value is -7.36. The first-order valence-electron chi connectivity index (χ1n) is 27.5. The maximum Gasteiger partial charge on any atom is 0.130 e. The van der Waals surface area contributed by atoms with Crippen LogP contribution in [-0.4, -0.2) is 19.9 Å². The van der Waals surface area contributed by atoms with E-state index in [9.17, 15) is 0 Å². The van der Waals surface area contributed by atoms with Gasteiger partial charge in [0.1, 0.15) is 49.4 Å². The van der Waals surface area contributed by atoms with Crippen LogP contribution < -0.4 is 18.9 Å². The maximum atomic E-state index is 7.22. The molecule has 0 radical (unpaired) electrons. The summed E-state index contributed by atoms with van der Waals surface area (Å²) in [4.78, 5) is 18.8. The molecule has 9 nitrogen and oxygen atoms in total. The maximum absolute atomic E-state index is 7.22. The molecule has 5 heterocycles. The molecule has 4 aromatic heterocycles. The third-order valence-corrected chi connectivity index (χ3v) is 14.5. The van der Waals surface area contributed by atoms with Crippen molar-refractivity contribution < 1.29 is 23.7 Å². The predicted molar refractivity (Wildman–Crippen MR) is 312 cm³/mol. The standard InChI is InChI=1S/C69H78N4O5/c1-66(2,3)54-32-46-29-47-33-55(67(4,5)6)35-49(63(47)76-43-59-22-14-18-26-71-59)31-51-37-57(69(10,11)12)39-53(65(51)78-45-61-24-16-20-28-73-61)41-74-40-52-38-56(68(7,8)9)36-50(64(52)77-44-60-23-15-19-27-72-60)30-48(34-54)62(46)75-42-58-21-13-17-25-70-58/h13-28,32-39H,29-31,40-45H2,1-12H3. The number of fused-ring (bicyclic) bond motifs is 8. The molecule has 78 heavy (non-hydrogen) atoms. The molecule has 0 fully saturated rings. The fraction of sp³-hybridized carbons (Fsp3) is 0.362. The Balaban J connectivity index is 1.35. The van der Waals surface area contributed by atoms with E-state index in [0.717, 1.165) is 90.3 Å². The van der Waals surface area contributed by atoms with E-state index in [0.29, 0.717) is 19.3 Å². The summed E-state index contributed by atoms with van der Waals surface area (Å²) in [5.41, 5.74) is 15.4. The Morgan fingerprint density at radius 2 is 0.538 bits per heavy atom. The molecule has 0 N–H and O–H groups in total. The smallest absolute Gasteiger partial charge is 0.130 e. The largest absolute Gasteiger partial charge is 0.487 e. The van der Waals surface area contributed by atoms with Crippen LogP contribution in [0.15, 0.2) is 146 Å². The van der Waals surface area contributed by atoms with Gasteiger partial charge in [0.05, 0.1) is 36.0 Å². The van der Waals surface area contributed by atoms with E-state index in [2.05, 4.69) is 142 Å². The van der Waals surface area contributed by atoms with Crippen LogP contribution in [0.1, 0.15) is 173 Å². The number of hydrogen-bond acceptors (Lipinski definition) is 9. The van der Waals surface area contributed by atoms with Gasteiger partial charge >= 0.3 is 0 Å². The van der Waals surface area contributed by atoms with Crippen LogP contribution in [0.2, 0.25) is 0 Å². The van der Waals surface area contributed by atoms with Crippen molar-refractivity contribution in [2.24, 2.45) is 0 Å². The van der Waals surface area contributed by atoms with Gasteiger partial charge in [-0.05, 0) is 138 Å². The van der Waals surface area contributed by atoms with Crippen molar-refractivity contribution in [3.05, 3.63) is 236 Å². The summed E-state index contributed by atoms with van der Waals surface area (Å²) >= 11 is 0. The van der Waals surface area contributed by atoms with Gasteiger partial charge < -0.3 is 23.7 Å². The zero-order valence-electron chi connectivity index (χ0n) is 48.1. The molecule has 0 amide bonds. The summed E-state index contributed by atoms with van der Waals surface area (Å²) in [5.74, 6) is 3.18.